The van der Waals surface area contributed by atoms with Crippen LogP contribution in [0.5, 0.6) is 0 Å². The Balaban J connectivity index is 2.38. The molecule has 92 valence electrons. The van der Waals surface area contributed by atoms with E-state index >= 15 is 0 Å². The van der Waals surface area contributed by atoms with E-state index in [0.717, 1.165) is 5.56 Å². The third kappa shape index (κ3) is 2.68. The van der Waals surface area contributed by atoms with Gasteiger partial charge < -0.3 is 5.11 Å². The predicted molar refractivity (Wildman–Crippen MR) is 63.5 cm³/mol. The minimum absolute atomic E-state index is 0.228. The summed E-state index contributed by atoms with van der Waals surface area (Å²) < 4.78 is 13.2. The number of carboxylic acid groups (broad SMARTS) is 1. The maximum atomic E-state index is 13.2. The van der Waals surface area contributed by atoms with Crippen LogP contribution in [0.1, 0.15) is 11.4 Å². The van der Waals surface area contributed by atoms with Crippen molar-refractivity contribution < 1.29 is 14.3 Å². The van der Waals surface area contributed by atoms with Gasteiger partial charge in [-0.15, -0.1) is 0 Å². The molecular formula is C13H11FN2O2. The molecule has 2 rings (SSSR count). The number of carbonyl (C=O) groups is 1. The number of rotatable bonds is 3. The summed E-state index contributed by atoms with van der Waals surface area (Å²) in [4.78, 5) is 18.6. The monoisotopic (exact) mass is 246 g/mol. The largest absolute Gasteiger partial charge is 0.481 e. The molecule has 2 aromatic rings. The smallest absolute Gasteiger partial charge is 0.311 e. The zero-order valence-corrected chi connectivity index (χ0v) is 9.72. The van der Waals surface area contributed by atoms with Gasteiger partial charge >= 0.3 is 5.97 Å². The van der Waals surface area contributed by atoms with Crippen molar-refractivity contribution in [2.75, 3.05) is 0 Å². The molecule has 0 bridgehead atoms. The molecule has 0 aliphatic heterocycles. The van der Waals surface area contributed by atoms with Gasteiger partial charge in [-0.25, -0.2) is 14.4 Å². The molecule has 18 heavy (non-hydrogen) atoms. The van der Waals surface area contributed by atoms with Gasteiger partial charge in [0.1, 0.15) is 18.1 Å². The Bertz CT molecular complexity index is 599. The second kappa shape index (κ2) is 4.91. The van der Waals surface area contributed by atoms with Crippen molar-refractivity contribution in [2.45, 2.75) is 13.3 Å². The lowest BCUT2D eigenvalue weighted by Gasteiger charge is -2.04. The summed E-state index contributed by atoms with van der Waals surface area (Å²) in [6.07, 6.45) is 1.27. The number of carboxylic acids is 1. The van der Waals surface area contributed by atoms with Crippen LogP contribution < -0.4 is 0 Å². The van der Waals surface area contributed by atoms with E-state index in [4.69, 9.17) is 5.11 Å². The van der Waals surface area contributed by atoms with E-state index in [0.29, 0.717) is 11.3 Å². The SMILES string of the molecule is Cc1cc(-c2ccnc(CC(=O)O)n2)ccc1F. The molecule has 0 unspecified atom stereocenters. The number of hydrogen-bond acceptors (Lipinski definition) is 3. The van der Waals surface area contributed by atoms with E-state index in [1.54, 1.807) is 25.1 Å². The molecule has 0 amide bonds. The maximum absolute atomic E-state index is 13.2. The van der Waals surface area contributed by atoms with Crippen molar-refractivity contribution in [1.82, 2.24) is 9.97 Å². The number of benzene rings is 1. The first-order valence-electron chi connectivity index (χ1n) is 5.36. The molecule has 1 aromatic carbocycles. The lowest BCUT2D eigenvalue weighted by Crippen LogP contribution is -2.05. The highest BCUT2D eigenvalue weighted by Crippen LogP contribution is 2.19. The third-order valence-electron chi connectivity index (χ3n) is 2.47. The zero-order valence-electron chi connectivity index (χ0n) is 9.72. The van der Waals surface area contributed by atoms with Crippen molar-refractivity contribution >= 4 is 5.97 Å². The van der Waals surface area contributed by atoms with Crippen LogP contribution >= 0.6 is 0 Å². The molecule has 0 saturated heterocycles. The topological polar surface area (TPSA) is 63.1 Å². The Morgan fingerprint density at radius 1 is 1.39 bits per heavy atom. The van der Waals surface area contributed by atoms with Gasteiger partial charge in [0.25, 0.3) is 0 Å². The molecule has 0 saturated carbocycles. The van der Waals surface area contributed by atoms with Crippen molar-refractivity contribution in [3.8, 4) is 11.3 Å². The first kappa shape index (κ1) is 12.2. The number of aliphatic carboxylic acids is 1. The summed E-state index contributed by atoms with van der Waals surface area (Å²) in [6.45, 7) is 1.66. The van der Waals surface area contributed by atoms with E-state index in [9.17, 15) is 9.18 Å². The molecule has 0 fully saturated rings. The molecule has 0 radical (unpaired) electrons. The normalized spacial score (nSPS) is 10.3. The summed E-state index contributed by atoms with van der Waals surface area (Å²) in [5, 5.41) is 8.68. The Hall–Kier alpha value is -2.30. The highest BCUT2D eigenvalue weighted by Gasteiger charge is 2.07. The Labute approximate surface area is 103 Å². The van der Waals surface area contributed by atoms with Crippen LogP contribution in [0.2, 0.25) is 0 Å². The van der Waals surface area contributed by atoms with Gasteiger partial charge in [0.05, 0.1) is 5.69 Å². The van der Waals surface area contributed by atoms with Crippen molar-refractivity contribution in [3.05, 3.63) is 47.7 Å². The molecular weight excluding hydrogens is 235 g/mol. The first-order chi connectivity index (χ1) is 8.56. The van der Waals surface area contributed by atoms with Crippen molar-refractivity contribution in [3.63, 3.8) is 0 Å². The average molecular weight is 246 g/mol. The minimum atomic E-state index is -0.984. The van der Waals surface area contributed by atoms with Crippen LogP contribution in [0.25, 0.3) is 11.3 Å². The van der Waals surface area contributed by atoms with Crippen LogP contribution in [0.15, 0.2) is 30.5 Å². The maximum Gasteiger partial charge on any atom is 0.311 e. The number of halogens is 1. The van der Waals surface area contributed by atoms with Gasteiger partial charge in [-0.1, -0.05) is 0 Å². The Morgan fingerprint density at radius 2 is 2.17 bits per heavy atom. The van der Waals surface area contributed by atoms with E-state index in [1.165, 1.54) is 12.3 Å². The second-order valence-corrected chi connectivity index (χ2v) is 3.89. The molecule has 4 nitrogen and oxygen atoms in total. The van der Waals surface area contributed by atoms with E-state index in [-0.39, 0.29) is 18.1 Å². The van der Waals surface area contributed by atoms with Gasteiger partial charge in [-0.3, -0.25) is 4.79 Å². The first-order valence-corrected chi connectivity index (χ1v) is 5.36. The fraction of sp³-hybridized carbons (Fsp3) is 0.154. The van der Waals surface area contributed by atoms with Crippen LogP contribution in [-0.4, -0.2) is 21.0 Å². The molecule has 1 N–H and O–H groups in total. The van der Waals surface area contributed by atoms with Gasteiger partial charge in [0.15, 0.2) is 0 Å². The fourth-order valence-corrected chi connectivity index (χ4v) is 1.58. The number of hydrogen-bond donors (Lipinski definition) is 1. The number of nitrogens with zero attached hydrogens (tertiary/aromatic N) is 2. The van der Waals surface area contributed by atoms with Gasteiger partial charge in [0.2, 0.25) is 0 Å². The molecule has 5 heteroatoms. The predicted octanol–water partition coefficient (Wildman–Crippen LogP) is 2.22. The van der Waals surface area contributed by atoms with Gasteiger partial charge in [-0.2, -0.15) is 0 Å². The second-order valence-electron chi connectivity index (χ2n) is 3.89. The molecule has 0 aliphatic rings. The van der Waals surface area contributed by atoms with E-state index in [2.05, 4.69) is 9.97 Å². The van der Waals surface area contributed by atoms with E-state index in [1.807, 2.05) is 0 Å². The minimum Gasteiger partial charge on any atom is -0.481 e. The lowest BCUT2D eigenvalue weighted by atomic mass is 10.1. The zero-order chi connectivity index (χ0) is 13.1. The summed E-state index contributed by atoms with van der Waals surface area (Å²) in [7, 11) is 0. The van der Waals surface area contributed by atoms with Crippen molar-refractivity contribution in [2.24, 2.45) is 0 Å². The number of aryl methyl sites for hydroxylation is 1. The van der Waals surface area contributed by atoms with Crippen LogP contribution in [0.3, 0.4) is 0 Å². The highest BCUT2D eigenvalue weighted by atomic mass is 19.1. The summed E-state index contributed by atoms with van der Waals surface area (Å²) >= 11 is 0. The van der Waals surface area contributed by atoms with Crippen molar-refractivity contribution in [1.29, 1.82) is 0 Å². The standard InChI is InChI=1S/C13H11FN2O2/c1-8-6-9(2-3-10(8)14)11-4-5-15-12(16-11)7-13(17)18/h2-6H,7H2,1H3,(H,17,18). The van der Waals surface area contributed by atoms with Crippen LogP contribution in [0.4, 0.5) is 4.39 Å². The molecule has 1 heterocycles. The molecule has 0 aliphatic carbocycles. The van der Waals surface area contributed by atoms with Crippen LogP contribution in [-0.2, 0) is 11.2 Å². The van der Waals surface area contributed by atoms with Crippen LogP contribution in [0, 0.1) is 12.7 Å². The molecule has 0 atom stereocenters. The molecule has 0 spiro atoms. The van der Waals surface area contributed by atoms with E-state index < -0.39 is 5.97 Å². The van der Waals surface area contributed by atoms with Gasteiger partial charge in [0, 0.05) is 11.8 Å². The Kier molecular flexibility index (Phi) is 3.32. The third-order valence-corrected chi connectivity index (χ3v) is 2.47. The quantitative estimate of drug-likeness (QED) is 0.901. The summed E-state index contributed by atoms with van der Waals surface area (Å²) in [5.41, 5.74) is 1.85. The summed E-state index contributed by atoms with van der Waals surface area (Å²) in [6, 6.07) is 6.30. The fourth-order valence-electron chi connectivity index (χ4n) is 1.58. The summed E-state index contributed by atoms with van der Waals surface area (Å²) in [5.74, 6) is -1.03. The lowest BCUT2D eigenvalue weighted by molar-refractivity contribution is -0.136. The highest BCUT2D eigenvalue weighted by molar-refractivity contribution is 5.69. The van der Waals surface area contributed by atoms with Gasteiger partial charge in [-0.05, 0) is 36.8 Å². The number of aromatic nitrogens is 2. The average Bonchev–Trinajstić information content (AvgIpc) is 2.32. The molecule has 1 aromatic heterocycles. The Morgan fingerprint density at radius 3 is 2.83 bits per heavy atom.